The average Bonchev–Trinajstić information content (AvgIpc) is 3.05. The molecule has 3 heterocycles. The van der Waals surface area contributed by atoms with E-state index in [1.54, 1.807) is 6.07 Å². The summed E-state index contributed by atoms with van der Waals surface area (Å²) in [5, 5.41) is 8.73. The number of alkyl carbamates (subject to hydrolysis) is 1. The fourth-order valence-electron chi connectivity index (χ4n) is 5.40. The first-order chi connectivity index (χ1) is 16.0. The molecule has 3 aliphatic heterocycles. The maximum atomic E-state index is 13.3. The molecule has 9 nitrogen and oxygen atoms in total. The molecule has 0 radical (unpaired) electrons. The van der Waals surface area contributed by atoms with Gasteiger partial charge in [-0.15, -0.1) is 0 Å². The number of rotatable bonds is 5. The second kappa shape index (κ2) is 9.30. The monoisotopic (exact) mass is 457 g/mol. The van der Waals surface area contributed by atoms with Crippen LogP contribution < -0.4 is 16.0 Å². The molecule has 4 aliphatic rings. The van der Waals surface area contributed by atoms with Gasteiger partial charge in [0.2, 0.25) is 11.8 Å². The van der Waals surface area contributed by atoms with Crippen molar-refractivity contribution in [2.24, 2.45) is 5.92 Å². The quantitative estimate of drug-likeness (QED) is 0.626. The molecule has 1 aromatic carbocycles. The molecule has 33 heavy (non-hydrogen) atoms. The number of anilines is 2. The molecule has 1 aromatic rings. The Bertz CT molecular complexity index is 919. The van der Waals surface area contributed by atoms with Crippen LogP contribution in [0, 0.1) is 5.92 Å². The van der Waals surface area contributed by atoms with Crippen LogP contribution in [0.4, 0.5) is 16.2 Å². The van der Waals surface area contributed by atoms with Crippen LogP contribution in [0.2, 0.25) is 0 Å². The van der Waals surface area contributed by atoms with Crippen molar-refractivity contribution in [3.8, 4) is 0 Å². The molecule has 3 amide bonds. The summed E-state index contributed by atoms with van der Waals surface area (Å²) in [6, 6.07) is 4.87. The van der Waals surface area contributed by atoms with Gasteiger partial charge in [0.15, 0.2) is 6.10 Å². The van der Waals surface area contributed by atoms with Crippen LogP contribution in [0.25, 0.3) is 0 Å². The van der Waals surface area contributed by atoms with E-state index in [2.05, 4.69) is 16.0 Å². The summed E-state index contributed by atoms with van der Waals surface area (Å²) < 4.78 is 15.8. The Hall–Kier alpha value is -2.65. The number of fused-ring (bicyclic) bond motifs is 2. The van der Waals surface area contributed by atoms with Gasteiger partial charge in [0.1, 0.15) is 6.04 Å². The lowest BCUT2D eigenvalue weighted by atomic mass is 9.75. The summed E-state index contributed by atoms with van der Waals surface area (Å²) in [5.74, 6) is -0.217. The number of hydrogen-bond acceptors (Lipinski definition) is 6. The van der Waals surface area contributed by atoms with E-state index in [9.17, 15) is 14.4 Å². The van der Waals surface area contributed by atoms with Gasteiger partial charge in [-0.3, -0.25) is 9.59 Å². The van der Waals surface area contributed by atoms with Crippen LogP contribution in [0.3, 0.4) is 0 Å². The van der Waals surface area contributed by atoms with Crippen LogP contribution in [0.1, 0.15) is 50.5 Å². The third-order valence-electron chi connectivity index (χ3n) is 7.39. The van der Waals surface area contributed by atoms with Crippen molar-refractivity contribution in [1.82, 2.24) is 5.32 Å². The van der Waals surface area contributed by atoms with Gasteiger partial charge in [-0.1, -0.05) is 25.3 Å². The van der Waals surface area contributed by atoms with Crippen LogP contribution in [0.5, 0.6) is 0 Å². The summed E-state index contributed by atoms with van der Waals surface area (Å²) in [5.41, 5.74) is 1.73. The average molecular weight is 458 g/mol. The molecular weight excluding hydrogens is 426 g/mol. The van der Waals surface area contributed by atoms with Crippen LogP contribution in [0.15, 0.2) is 18.2 Å². The first-order valence-corrected chi connectivity index (χ1v) is 11.9. The van der Waals surface area contributed by atoms with Crippen molar-refractivity contribution in [2.75, 3.05) is 37.1 Å². The number of amides is 3. The van der Waals surface area contributed by atoms with Crippen molar-refractivity contribution in [3.63, 3.8) is 0 Å². The molecule has 1 saturated carbocycles. The van der Waals surface area contributed by atoms with Crippen molar-refractivity contribution in [1.29, 1.82) is 0 Å². The van der Waals surface area contributed by atoms with Gasteiger partial charge in [0, 0.05) is 24.6 Å². The van der Waals surface area contributed by atoms with Crippen molar-refractivity contribution >= 4 is 29.3 Å². The molecule has 0 bridgehead atoms. The second-order valence-corrected chi connectivity index (χ2v) is 9.48. The molecular formula is C24H31N3O6. The predicted molar refractivity (Wildman–Crippen MR) is 120 cm³/mol. The van der Waals surface area contributed by atoms with E-state index in [1.807, 2.05) is 12.1 Å². The SMILES string of the molecule is O=C(NC(C(=O)Nc1ccc2c(c1)NC(=O)C21CCOCC1)C1CCCCC1)OC1COC1. The molecule has 0 aromatic heterocycles. The minimum Gasteiger partial charge on any atom is -0.441 e. The Morgan fingerprint density at radius 3 is 2.55 bits per heavy atom. The third kappa shape index (κ3) is 4.44. The largest absolute Gasteiger partial charge is 0.441 e. The zero-order chi connectivity index (χ0) is 22.8. The summed E-state index contributed by atoms with van der Waals surface area (Å²) in [6.07, 6.45) is 5.46. The lowest BCUT2D eigenvalue weighted by Crippen LogP contribution is -2.51. The number of ether oxygens (including phenoxy) is 3. The number of nitrogens with one attached hydrogen (secondary N) is 3. The molecule has 1 aliphatic carbocycles. The minimum atomic E-state index is -0.677. The number of hydrogen-bond donors (Lipinski definition) is 3. The lowest BCUT2D eigenvalue weighted by molar-refractivity contribution is -0.124. The van der Waals surface area contributed by atoms with E-state index in [0.717, 1.165) is 43.4 Å². The van der Waals surface area contributed by atoms with Crippen LogP contribution in [-0.2, 0) is 29.2 Å². The maximum absolute atomic E-state index is 13.3. The molecule has 2 saturated heterocycles. The van der Waals surface area contributed by atoms with E-state index in [0.29, 0.717) is 45.0 Å². The van der Waals surface area contributed by atoms with E-state index in [-0.39, 0.29) is 23.8 Å². The number of carbonyl (C=O) groups is 3. The Balaban J connectivity index is 1.30. The summed E-state index contributed by atoms with van der Waals surface area (Å²) in [7, 11) is 0. The number of benzene rings is 1. The Labute approximate surface area is 192 Å². The molecule has 1 unspecified atom stereocenters. The van der Waals surface area contributed by atoms with Crippen molar-refractivity contribution in [2.45, 2.75) is 62.5 Å². The molecule has 178 valence electrons. The highest BCUT2D eigenvalue weighted by Gasteiger charge is 2.47. The zero-order valence-corrected chi connectivity index (χ0v) is 18.7. The van der Waals surface area contributed by atoms with Gasteiger partial charge in [-0.05, 0) is 49.3 Å². The zero-order valence-electron chi connectivity index (χ0n) is 18.7. The van der Waals surface area contributed by atoms with Gasteiger partial charge in [-0.2, -0.15) is 0 Å². The highest BCUT2D eigenvalue weighted by molar-refractivity contribution is 6.07. The highest BCUT2D eigenvalue weighted by atomic mass is 16.6. The van der Waals surface area contributed by atoms with Gasteiger partial charge in [0.25, 0.3) is 0 Å². The van der Waals surface area contributed by atoms with Gasteiger partial charge >= 0.3 is 6.09 Å². The van der Waals surface area contributed by atoms with Gasteiger partial charge in [-0.25, -0.2) is 4.79 Å². The maximum Gasteiger partial charge on any atom is 0.408 e. The Morgan fingerprint density at radius 1 is 1.09 bits per heavy atom. The van der Waals surface area contributed by atoms with E-state index >= 15 is 0 Å². The third-order valence-corrected chi connectivity index (χ3v) is 7.39. The standard InChI is InChI=1S/C24H31N3O6/c28-21(20(15-4-2-1-3-5-15)27-23(30)33-17-13-32-14-17)25-16-6-7-18-19(12-16)26-22(29)24(18)8-10-31-11-9-24/h6-7,12,15,17,20H,1-5,8-11,13-14H2,(H,25,28)(H,26,29)(H,27,30). The van der Waals surface area contributed by atoms with E-state index < -0.39 is 17.6 Å². The lowest BCUT2D eigenvalue weighted by Gasteiger charge is -2.32. The molecule has 1 spiro atoms. The topological polar surface area (TPSA) is 115 Å². The summed E-state index contributed by atoms with van der Waals surface area (Å²) in [6.45, 7) is 1.90. The Morgan fingerprint density at radius 2 is 1.85 bits per heavy atom. The van der Waals surface area contributed by atoms with Crippen LogP contribution in [-0.4, -0.2) is 56.5 Å². The summed E-state index contributed by atoms with van der Waals surface area (Å²) >= 11 is 0. The minimum absolute atomic E-state index is 0.00579. The van der Waals surface area contributed by atoms with Crippen molar-refractivity contribution < 1.29 is 28.6 Å². The molecule has 1 atom stereocenters. The second-order valence-electron chi connectivity index (χ2n) is 9.48. The van der Waals surface area contributed by atoms with Gasteiger partial charge < -0.3 is 30.2 Å². The molecule has 3 N–H and O–H groups in total. The van der Waals surface area contributed by atoms with E-state index in [1.165, 1.54) is 0 Å². The normalized spacial score (nSPS) is 23.2. The predicted octanol–water partition coefficient (Wildman–Crippen LogP) is 2.70. The fraction of sp³-hybridized carbons (Fsp3) is 0.625. The fourth-order valence-corrected chi connectivity index (χ4v) is 5.40. The highest BCUT2D eigenvalue weighted by Crippen LogP contribution is 2.45. The molecule has 5 rings (SSSR count). The number of carbonyl (C=O) groups excluding carboxylic acids is 3. The molecule has 3 fully saturated rings. The van der Waals surface area contributed by atoms with Gasteiger partial charge in [0.05, 0.1) is 18.6 Å². The first kappa shape index (κ1) is 22.2. The molecule has 9 heteroatoms. The van der Waals surface area contributed by atoms with Crippen molar-refractivity contribution in [3.05, 3.63) is 23.8 Å². The smallest absolute Gasteiger partial charge is 0.408 e. The summed E-state index contributed by atoms with van der Waals surface area (Å²) in [4.78, 5) is 38.4. The van der Waals surface area contributed by atoms with Crippen LogP contribution >= 0.6 is 0 Å². The Kier molecular flexibility index (Phi) is 6.25. The van der Waals surface area contributed by atoms with E-state index in [4.69, 9.17) is 14.2 Å². The first-order valence-electron chi connectivity index (χ1n) is 11.9.